The van der Waals surface area contributed by atoms with Crippen LogP contribution in [0.5, 0.6) is 0 Å². The lowest BCUT2D eigenvalue weighted by Crippen LogP contribution is -2.26. The molecule has 0 aliphatic heterocycles. The maximum absolute atomic E-state index is 12.5. The summed E-state index contributed by atoms with van der Waals surface area (Å²) in [6.45, 7) is 7.08. The highest BCUT2D eigenvalue weighted by Gasteiger charge is 2.23. The zero-order valence-electron chi connectivity index (χ0n) is 15.8. The van der Waals surface area contributed by atoms with E-state index in [4.69, 9.17) is 0 Å². The average Bonchev–Trinajstić information content (AvgIpc) is 3.09. The number of hydrogen-bond acceptors (Lipinski definition) is 2. The topological polar surface area (TPSA) is 57.8 Å². The largest absolute Gasteiger partial charge is 0.361 e. The van der Waals surface area contributed by atoms with E-state index in [9.17, 15) is 4.79 Å². The van der Waals surface area contributed by atoms with Crippen LogP contribution in [0.3, 0.4) is 0 Å². The van der Waals surface area contributed by atoms with E-state index in [1.807, 2.05) is 12.1 Å². The monoisotopic (exact) mass is 349 g/mol. The fraction of sp³-hybridized carbons (Fsp3) is 0.364. The standard InChI is InChI=1S/C22H27N3O/c1-4-17-6-5-7-18-20(14-25-22(17)18)19(15(2)3)12-21(26)24-13-16-8-10-23-11-9-16/h5-11,14-15,19,25H,4,12-13H2,1-3H3,(H,24,26)/t19-/m0/s1. The average molecular weight is 349 g/mol. The molecule has 1 aromatic carbocycles. The van der Waals surface area contributed by atoms with Crippen LogP contribution in [0.15, 0.2) is 48.9 Å². The summed E-state index contributed by atoms with van der Waals surface area (Å²) in [5, 5.41) is 4.28. The molecule has 0 aliphatic carbocycles. The van der Waals surface area contributed by atoms with E-state index in [1.54, 1.807) is 12.4 Å². The van der Waals surface area contributed by atoms with Gasteiger partial charge in [-0.2, -0.15) is 0 Å². The first-order valence-corrected chi connectivity index (χ1v) is 9.34. The highest BCUT2D eigenvalue weighted by Crippen LogP contribution is 2.34. The Labute approximate surface area is 155 Å². The normalized spacial score (nSPS) is 12.5. The second-order valence-electron chi connectivity index (χ2n) is 7.12. The summed E-state index contributed by atoms with van der Waals surface area (Å²) < 4.78 is 0. The smallest absolute Gasteiger partial charge is 0.220 e. The lowest BCUT2D eigenvalue weighted by atomic mass is 9.85. The number of benzene rings is 1. The molecule has 3 rings (SSSR count). The second kappa shape index (κ2) is 8.17. The summed E-state index contributed by atoms with van der Waals surface area (Å²) >= 11 is 0. The summed E-state index contributed by atoms with van der Waals surface area (Å²) in [7, 11) is 0. The first-order chi connectivity index (χ1) is 12.6. The number of aromatic nitrogens is 2. The van der Waals surface area contributed by atoms with E-state index in [0.29, 0.717) is 18.9 Å². The molecule has 0 fully saturated rings. The minimum atomic E-state index is 0.0847. The van der Waals surface area contributed by atoms with Gasteiger partial charge in [-0.25, -0.2) is 0 Å². The third-order valence-corrected chi connectivity index (χ3v) is 5.06. The number of aromatic amines is 1. The number of fused-ring (bicyclic) bond motifs is 1. The number of hydrogen-bond donors (Lipinski definition) is 2. The number of pyridine rings is 1. The SMILES string of the molecule is CCc1cccc2c([C@@H](CC(=O)NCc3ccncc3)C(C)C)c[nH]c12. The molecule has 2 heterocycles. The van der Waals surface area contributed by atoms with E-state index < -0.39 is 0 Å². The van der Waals surface area contributed by atoms with E-state index in [1.165, 1.54) is 22.0 Å². The third kappa shape index (κ3) is 3.96. The van der Waals surface area contributed by atoms with Crippen molar-refractivity contribution < 1.29 is 4.79 Å². The molecule has 136 valence electrons. The van der Waals surface area contributed by atoms with Gasteiger partial charge in [0.2, 0.25) is 5.91 Å². The van der Waals surface area contributed by atoms with Gasteiger partial charge in [0.05, 0.1) is 0 Å². The lowest BCUT2D eigenvalue weighted by molar-refractivity contribution is -0.121. The van der Waals surface area contributed by atoms with Crippen molar-refractivity contribution in [3.05, 3.63) is 65.6 Å². The molecule has 0 spiro atoms. The number of rotatable bonds is 7. The number of aryl methyl sites for hydroxylation is 1. The quantitative estimate of drug-likeness (QED) is 0.656. The maximum atomic E-state index is 12.5. The Kier molecular flexibility index (Phi) is 5.71. The van der Waals surface area contributed by atoms with Crippen molar-refractivity contribution in [2.24, 2.45) is 5.92 Å². The van der Waals surface area contributed by atoms with E-state index in [2.05, 4.69) is 60.5 Å². The molecular weight excluding hydrogens is 322 g/mol. The molecule has 0 unspecified atom stereocenters. The minimum absolute atomic E-state index is 0.0847. The van der Waals surface area contributed by atoms with E-state index in [-0.39, 0.29) is 11.8 Å². The van der Waals surface area contributed by atoms with Gasteiger partial charge in [-0.15, -0.1) is 0 Å². The molecule has 26 heavy (non-hydrogen) atoms. The fourth-order valence-corrected chi connectivity index (χ4v) is 3.52. The molecule has 0 saturated carbocycles. The predicted octanol–water partition coefficient (Wildman–Crippen LogP) is 4.57. The van der Waals surface area contributed by atoms with E-state index >= 15 is 0 Å². The van der Waals surface area contributed by atoms with Gasteiger partial charge in [0.1, 0.15) is 0 Å². The third-order valence-electron chi connectivity index (χ3n) is 5.06. The van der Waals surface area contributed by atoms with Crippen LogP contribution in [-0.2, 0) is 17.8 Å². The molecule has 0 aliphatic rings. The van der Waals surface area contributed by atoms with Crippen LogP contribution < -0.4 is 5.32 Å². The first kappa shape index (κ1) is 18.2. The zero-order chi connectivity index (χ0) is 18.5. The fourth-order valence-electron chi connectivity index (χ4n) is 3.52. The van der Waals surface area contributed by atoms with Gasteiger partial charge in [0.15, 0.2) is 0 Å². The number of nitrogens with one attached hydrogen (secondary N) is 2. The highest BCUT2D eigenvalue weighted by molar-refractivity contribution is 5.87. The van der Waals surface area contributed by atoms with Gasteiger partial charge < -0.3 is 10.3 Å². The van der Waals surface area contributed by atoms with Gasteiger partial charge in [-0.05, 0) is 47.1 Å². The summed E-state index contributed by atoms with van der Waals surface area (Å²) in [5.41, 5.74) is 4.82. The zero-order valence-corrected chi connectivity index (χ0v) is 15.8. The molecule has 1 atom stereocenters. The Morgan fingerprint density at radius 3 is 2.65 bits per heavy atom. The van der Waals surface area contributed by atoms with Crippen molar-refractivity contribution >= 4 is 16.8 Å². The Balaban J connectivity index is 1.76. The van der Waals surface area contributed by atoms with Crippen LogP contribution >= 0.6 is 0 Å². The van der Waals surface area contributed by atoms with Gasteiger partial charge in [-0.1, -0.05) is 39.0 Å². The Morgan fingerprint density at radius 1 is 1.19 bits per heavy atom. The van der Waals surface area contributed by atoms with Crippen LogP contribution in [0, 0.1) is 5.92 Å². The van der Waals surface area contributed by atoms with Crippen LogP contribution in [0.4, 0.5) is 0 Å². The number of nitrogens with zero attached hydrogens (tertiary/aromatic N) is 1. The molecule has 1 amide bonds. The first-order valence-electron chi connectivity index (χ1n) is 9.34. The molecule has 2 N–H and O–H groups in total. The summed E-state index contributed by atoms with van der Waals surface area (Å²) in [5.74, 6) is 0.653. The number of amides is 1. The van der Waals surface area contributed by atoms with Crippen molar-refractivity contribution in [3.8, 4) is 0 Å². The van der Waals surface area contributed by atoms with Crippen LogP contribution in [-0.4, -0.2) is 15.9 Å². The van der Waals surface area contributed by atoms with Gasteiger partial charge >= 0.3 is 0 Å². The molecule has 0 bridgehead atoms. The number of carbonyl (C=O) groups excluding carboxylic acids is 1. The van der Waals surface area contributed by atoms with Gasteiger partial charge in [0, 0.05) is 42.5 Å². The molecule has 2 aromatic heterocycles. The Bertz CT molecular complexity index is 867. The van der Waals surface area contributed by atoms with Crippen molar-refractivity contribution in [1.29, 1.82) is 0 Å². The molecule has 4 nitrogen and oxygen atoms in total. The van der Waals surface area contributed by atoms with Crippen LogP contribution in [0.25, 0.3) is 10.9 Å². The number of carbonyl (C=O) groups is 1. The summed E-state index contributed by atoms with van der Waals surface area (Å²) in [4.78, 5) is 20.0. The summed E-state index contributed by atoms with van der Waals surface area (Å²) in [6.07, 6.45) is 7.07. The molecule has 0 radical (unpaired) electrons. The van der Waals surface area contributed by atoms with Gasteiger partial charge in [0.25, 0.3) is 0 Å². The van der Waals surface area contributed by atoms with Gasteiger partial charge in [-0.3, -0.25) is 9.78 Å². The van der Waals surface area contributed by atoms with Crippen LogP contribution in [0.1, 0.15) is 49.8 Å². The van der Waals surface area contributed by atoms with Crippen molar-refractivity contribution in [1.82, 2.24) is 15.3 Å². The molecule has 3 aromatic rings. The predicted molar refractivity (Wildman–Crippen MR) is 106 cm³/mol. The van der Waals surface area contributed by atoms with Crippen LogP contribution in [0.2, 0.25) is 0 Å². The number of H-pyrrole nitrogens is 1. The molecule has 0 saturated heterocycles. The van der Waals surface area contributed by atoms with E-state index in [0.717, 1.165) is 12.0 Å². The molecular formula is C22H27N3O. The van der Waals surface area contributed by atoms with Crippen molar-refractivity contribution in [3.63, 3.8) is 0 Å². The Hall–Kier alpha value is -2.62. The lowest BCUT2D eigenvalue weighted by Gasteiger charge is -2.20. The molecule has 4 heteroatoms. The minimum Gasteiger partial charge on any atom is -0.361 e. The highest BCUT2D eigenvalue weighted by atomic mass is 16.1. The summed E-state index contributed by atoms with van der Waals surface area (Å²) in [6, 6.07) is 10.3. The number of para-hydroxylation sites is 1. The van der Waals surface area contributed by atoms with Crippen molar-refractivity contribution in [2.45, 2.75) is 46.1 Å². The Morgan fingerprint density at radius 2 is 1.96 bits per heavy atom. The van der Waals surface area contributed by atoms with Crippen molar-refractivity contribution in [2.75, 3.05) is 0 Å². The maximum Gasteiger partial charge on any atom is 0.220 e. The second-order valence-corrected chi connectivity index (χ2v) is 7.12.